The molecule has 2 saturated carbocycles. The molecule has 0 N–H and O–H groups in total. The van der Waals surface area contributed by atoms with Crippen LogP contribution in [0.4, 0.5) is 0 Å². The van der Waals surface area contributed by atoms with Gasteiger partial charge in [-0.1, -0.05) is 19.1 Å². The van der Waals surface area contributed by atoms with Crippen molar-refractivity contribution in [2.24, 2.45) is 30.7 Å². The summed E-state index contributed by atoms with van der Waals surface area (Å²) in [5.41, 5.74) is 7.78. The second kappa shape index (κ2) is 10.4. The van der Waals surface area contributed by atoms with Crippen molar-refractivity contribution < 1.29 is 14.3 Å². The van der Waals surface area contributed by atoms with Crippen LogP contribution in [-0.2, 0) is 20.1 Å². The molecule has 3 atom stereocenters. The fourth-order valence-electron chi connectivity index (χ4n) is 8.54. The molecule has 1 saturated heterocycles. The molecule has 9 nitrogen and oxygen atoms in total. The van der Waals surface area contributed by atoms with Crippen molar-refractivity contribution in [2.75, 3.05) is 27.2 Å². The number of rotatable bonds is 6. The number of hydrogen-bond donors (Lipinski definition) is 0. The number of hydrogen-bond acceptors (Lipinski definition) is 5. The van der Waals surface area contributed by atoms with E-state index in [0.29, 0.717) is 41.5 Å². The fourth-order valence-corrected chi connectivity index (χ4v) is 8.54. The summed E-state index contributed by atoms with van der Waals surface area (Å²) in [7, 11) is 5.53. The summed E-state index contributed by atoms with van der Waals surface area (Å²) in [6.07, 6.45) is 4.87. The summed E-state index contributed by atoms with van der Waals surface area (Å²) < 4.78 is 10.3. The predicted molar refractivity (Wildman–Crippen MR) is 181 cm³/mol. The number of benzene rings is 2. The Kier molecular flexibility index (Phi) is 6.33. The van der Waals surface area contributed by atoms with Crippen LogP contribution in [0, 0.1) is 23.7 Å². The van der Waals surface area contributed by atoms with Crippen LogP contribution in [0.1, 0.15) is 58.9 Å². The van der Waals surface area contributed by atoms with Crippen LogP contribution in [0.2, 0.25) is 0 Å². The number of pyridine rings is 1. The van der Waals surface area contributed by atoms with Crippen molar-refractivity contribution in [3.8, 4) is 28.5 Å². The van der Waals surface area contributed by atoms with Crippen LogP contribution in [0.5, 0.6) is 5.75 Å². The maximum Gasteiger partial charge on any atom is 0.254 e. The molecule has 2 aromatic carbocycles. The maximum atomic E-state index is 13.8. The Balaban J connectivity index is 1.13. The van der Waals surface area contributed by atoms with Gasteiger partial charge in [-0.3, -0.25) is 9.59 Å². The molecule has 4 aliphatic rings. The lowest BCUT2D eigenvalue weighted by atomic mass is 9.95. The number of piperidine rings is 1. The first-order valence-electron chi connectivity index (χ1n) is 17.0. The first-order valence-corrected chi connectivity index (χ1v) is 17.0. The number of aryl methyl sites for hydroxylation is 1. The Morgan fingerprint density at radius 1 is 1.00 bits per heavy atom. The molecule has 5 aromatic rings. The highest BCUT2D eigenvalue weighted by Crippen LogP contribution is 2.42. The van der Waals surface area contributed by atoms with Crippen molar-refractivity contribution in [2.45, 2.75) is 45.7 Å². The number of amides is 2. The molecule has 240 valence electrons. The Morgan fingerprint density at radius 2 is 1.85 bits per heavy atom. The number of carbonyl (C=O) groups excluding carboxylic acids is 2. The van der Waals surface area contributed by atoms with E-state index in [0.717, 1.165) is 75.6 Å². The average Bonchev–Trinajstić information content (AvgIpc) is 3.56. The van der Waals surface area contributed by atoms with Crippen LogP contribution in [0.25, 0.3) is 44.8 Å². The lowest BCUT2D eigenvalue weighted by Crippen LogP contribution is -2.41. The lowest BCUT2D eigenvalue weighted by Gasteiger charge is -2.32. The van der Waals surface area contributed by atoms with Crippen molar-refractivity contribution in [3.05, 3.63) is 65.2 Å². The van der Waals surface area contributed by atoms with E-state index < -0.39 is 0 Å². The highest BCUT2D eigenvalue weighted by atomic mass is 16.5. The Labute approximate surface area is 274 Å². The number of imidazole rings is 1. The topological polar surface area (TPSA) is 85.5 Å². The number of likely N-dealkylation sites (tertiary alicyclic amines) is 1. The second-order valence-electron chi connectivity index (χ2n) is 14.6. The van der Waals surface area contributed by atoms with Crippen LogP contribution in [-0.4, -0.2) is 68.0 Å². The number of methoxy groups -OCH3 is 1. The van der Waals surface area contributed by atoms with Crippen molar-refractivity contribution in [1.82, 2.24) is 28.9 Å². The summed E-state index contributed by atoms with van der Waals surface area (Å²) in [6, 6.07) is 16.3. The molecule has 2 unspecified atom stereocenters. The zero-order valence-electron chi connectivity index (χ0n) is 27.5. The summed E-state index contributed by atoms with van der Waals surface area (Å²) in [5, 5.41) is 1.05. The number of aromatic nitrogens is 4. The molecule has 47 heavy (non-hydrogen) atoms. The average molecular weight is 629 g/mol. The third kappa shape index (κ3) is 4.57. The molecule has 2 amide bonds. The van der Waals surface area contributed by atoms with E-state index in [9.17, 15) is 9.59 Å². The van der Waals surface area contributed by atoms with Crippen LogP contribution < -0.4 is 4.74 Å². The van der Waals surface area contributed by atoms with E-state index in [-0.39, 0.29) is 11.8 Å². The Hall–Kier alpha value is -4.66. The van der Waals surface area contributed by atoms with Crippen molar-refractivity contribution in [3.63, 3.8) is 0 Å². The largest absolute Gasteiger partial charge is 0.494 e. The van der Waals surface area contributed by atoms with E-state index >= 15 is 0 Å². The summed E-state index contributed by atoms with van der Waals surface area (Å²) in [4.78, 5) is 40.7. The molecule has 3 aromatic heterocycles. The minimum absolute atomic E-state index is 0.0575. The van der Waals surface area contributed by atoms with Crippen molar-refractivity contribution in [1.29, 1.82) is 0 Å². The number of ether oxygens (including phenoxy) is 1. The maximum absolute atomic E-state index is 13.8. The van der Waals surface area contributed by atoms with Gasteiger partial charge in [-0.15, -0.1) is 0 Å². The first-order chi connectivity index (χ1) is 22.7. The molecule has 9 heteroatoms. The molecular formula is C38H40N6O3. The van der Waals surface area contributed by atoms with Gasteiger partial charge in [0.2, 0.25) is 0 Å². The van der Waals surface area contributed by atoms with Gasteiger partial charge in [0.25, 0.3) is 11.8 Å². The molecule has 2 aliphatic carbocycles. The van der Waals surface area contributed by atoms with Gasteiger partial charge in [0.15, 0.2) is 5.82 Å². The third-order valence-corrected chi connectivity index (χ3v) is 11.3. The van der Waals surface area contributed by atoms with E-state index in [2.05, 4.69) is 45.2 Å². The molecule has 3 fully saturated rings. The van der Waals surface area contributed by atoms with Gasteiger partial charge >= 0.3 is 0 Å². The smallest absolute Gasteiger partial charge is 0.254 e. The number of nitrogens with zero attached hydrogens (tertiary/aromatic N) is 6. The quantitative estimate of drug-likeness (QED) is 0.218. The van der Waals surface area contributed by atoms with E-state index in [4.69, 9.17) is 14.7 Å². The van der Waals surface area contributed by atoms with Crippen molar-refractivity contribution >= 4 is 33.9 Å². The Bertz CT molecular complexity index is 2120. The van der Waals surface area contributed by atoms with Gasteiger partial charge in [0.05, 0.1) is 24.0 Å². The SMILES string of the molecule is COc1cc(C(=O)N2CC3CC(C2)[C@@H](C)C3)cc2nc(-c3cc4ccc(-c5ccc6c(c5)C(=O)N(C)C6)nc4n3CC3CC3)n(C)c12. The number of carbonyl (C=O) groups is 2. The zero-order chi connectivity index (χ0) is 32.1. The highest BCUT2D eigenvalue weighted by molar-refractivity contribution is 6.01. The third-order valence-electron chi connectivity index (χ3n) is 11.3. The zero-order valence-corrected chi connectivity index (χ0v) is 27.5. The van der Waals surface area contributed by atoms with Gasteiger partial charge in [0, 0.05) is 62.4 Å². The lowest BCUT2D eigenvalue weighted by molar-refractivity contribution is 0.0653. The van der Waals surface area contributed by atoms with Gasteiger partial charge in [0.1, 0.15) is 16.9 Å². The second-order valence-corrected chi connectivity index (χ2v) is 14.6. The summed E-state index contributed by atoms with van der Waals surface area (Å²) in [6.45, 7) is 5.51. The Morgan fingerprint density at radius 3 is 2.64 bits per heavy atom. The van der Waals surface area contributed by atoms with Gasteiger partial charge in [-0.2, -0.15) is 0 Å². The normalized spacial score (nSPS) is 22.1. The van der Waals surface area contributed by atoms with E-state index in [1.165, 1.54) is 25.7 Å². The molecule has 9 rings (SSSR count). The van der Waals surface area contributed by atoms with Gasteiger partial charge in [-0.25, -0.2) is 9.97 Å². The molecule has 2 aliphatic heterocycles. The molecule has 0 spiro atoms. The molecular weight excluding hydrogens is 588 g/mol. The molecule has 0 radical (unpaired) electrons. The monoisotopic (exact) mass is 628 g/mol. The van der Waals surface area contributed by atoms with E-state index in [1.807, 2.05) is 38.4 Å². The van der Waals surface area contributed by atoms with Crippen LogP contribution in [0.3, 0.4) is 0 Å². The van der Waals surface area contributed by atoms with Crippen LogP contribution in [0.15, 0.2) is 48.5 Å². The molecule has 5 heterocycles. The van der Waals surface area contributed by atoms with E-state index in [1.54, 1.807) is 12.0 Å². The summed E-state index contributed by atoms with van der Waals surface area (Å²) in [5.74, 6) is 4.09. The number of fused-ring (bicyclic) bond motifs is 5. The summed E-state index contributed by atoms with van der Waals surface area (Å²) >= 11 is 0. The molecule has 2 bridgehead atoms. The van der Waals surface area contributed by atoms with Gasteiger partial charge < -0.3 is 23.7 Å². The minimum Gasteiger partial charge on any atom is -0.494 e. The highest BCUT2D eigenvalue weighted by Gasteiger charge is 2.39. The van der Waals surface area contributed by atoms with Crippen LogP contribution >= 0.6 is 0 Å². The predicted octanol–water partition coefficient (Wildman–Crippen LogP) is 6.38. The standard InChI is InChI=1S/C38H40N6O3/c1-21-11-23-12-28(21)20-43(17-23)37(45)27-14-31-34(33(16-27)47-4)42(3)36(40-31)32-15-25-9-10-30(39-35(25)44(32)18-22-5-6-22)24-7-8-26-19-41(2)38(46)29(26)13-24/h7-10,13-16,21-23,28H,5-6,11-12,17-20H2,1-4H3/t21-,23?,28?/m0/s1. The first kappa shape index (κ1) is 28.6. The van der Waals surface area contributed by atoms with Gasteiger partial charge in [-0.05, 0) is 91.3 Å². The fraction of sp³-hybridized carbons (Fsp3) is 0.421. The minimum atomic E-state index is 0.0575.